The van der Waals surface area contributed by atoms with Gasteiger partial charge in [0.05, 0.1) is 25.2 Å². The number of rotatable bonds is 7. The molecule has 0 radical (unpaired) electrons. The Kier molecular flexibility index (Phi) is 5.24. The van der Waals surface area contributed by atoms with Crippen molar-refractivity contribution >= 4 is 24.1 Å². The number of ether oxygens (including phenoxy) is 1. The molecule has 1 saturated carbocycles. The highest BCUT2D eigenvalue weighted by Crippen LogP contribution is 2.45. The van der Waals surface area contributed by atoms with E-state index in [0.29, 0.717) is 18.8 Å². The van der Waals surface area contributed by atoms with Crippen molar-refractivity contribution in [2.24, 2.45) is 11.8 Å². The Balaban J connectivity index is 1.41. The third-order valence-corrected chi connectivity index (χ3v) is 5.85. The minimum absolute atomic E-state index is 0.303. The number of fused-ring (bicyclic) bond motifs is 1. The van der Waals surface area contributed by atoms with Crippen molar-refractivity contribution in [3.63, 3.8) is 0 Å². The molecule has 0 bridgehead atoms. The lowest BCUT2D eigenvalue weighted by Crippen LogP contribution is -2.24. The van der Waals surface area contributed by atoms with Crippen LogP contribution in [0.25, 0.3) is 12.2 Å². The van der Waals surface area contributed by atoms with Gasteiger partial charge in [0.15, 0.2) is 5.69 Å². The minimum atomic E-state index is -0.412. The van der Waals surface area contributed by atoms with E-state index >= 15 is 0 Å². The summed E-state index contributed by atoms with van der Waals surface area (Å²) >= 11 is 0. The Morgan fingerprint density at radius 2 is 1.97 bits per heavy atom. The van der Waals surface area contributed by atoms with E-state index in [4.69, 9.17) is 9.72 Å². The number of piperidine rings is 1. The molecule has 31 heavy (non-hydrogen) atoms. The average molecular weight is 415 g/mol. The maximum absolute atomic E-state index is 11.9. The maximum Gasteiger partial charge on any atom is 0.358 e. The molecule has 7 nitrogen and oxygen atoms in total. The van der Waals surface area contributed by atoms with Gasteiger partial charge in [-0.15, -0.1) is 0 Å². The van der Waals surface area contributed by atoms with Crippen molar-refractivity contribution in [2.75, 3.05) is 24.6 Å². The summed E-state index contributed by atoms with van der Waals surface area (Å²) in [4.78, 5) is 27.9. The number of carbonyl (C=O) groups excluding carboxylic acids is 1. The van der Waals surface area contributed by atoms with Gasteiger partial charge in [0.2, 0.25) is 5.95 Å². The lowest BCUT2D eigenvalue weighted by molar-refractivity contribution is 0.0520. The van der Waals surface area contributed by atoms with E-state index in [-0.39, 0.29) is 0 Å². The number of carbonyl (C=O) groups is 1. The van der Waals surface area contributed by atoms with E-state index < -0.39 is 5.97 Å². The highest BCUT2D eigenvalue weighted by molar-refractivity contribution is 5.86. The highest BCUT2D eigenvalue weighted by Gasteiger charge is 2.45. The molecular formula is C24H25N5O2. The number of aromatic nitrogens is 4. The van der Waals surface area contributed by atoms with E-state index in [0.717, 1.165) is 47.7 Å². The Labute approximate surface area is 181 Å². The first-order valence-corrected chi connectivity index (χ1v) is 10.7. The normalized spacial score (nSPS) is 19.6. The van der Waals surface area contributed by atoms with Crippen molar-refractivity contribution in [1.29, 1.82) is 0 Å². The lowest BCUT2D eigenvalue weighted by atomic mass is 10.1. The first kappa shape index (κ1) is 19.5. The summed E-state index contributed by atoms with van der Waals surface area (Å²) in [6.45, 7) is 4.73. The predicted octanol–water partition coefficient (Wildman–Crippen LogP) is 3.52. The summed E-state index contributed by atoms with van der Waals surface area (Å²) in [6, 6.07) is 10.2. The van der Waals surface area contributed by atoms with Gasteiger partial charge in [0, 0.05) is 31.0 Å². The topological polar surface area (TPSA) is 73.1 Å². The van der Waals surface area contributed by atoms with Gasteiger partial charge in [-0.05, 0) is 36.8 Å². The van der Waals surface area contributed by atoms with Crippen LogP contribution in [0.3, 0.4) is 0 Å². The molecule has 3 aromatic rings. The zero-order valence-electron chi connectivity index (χ0n) is 17.5. The zero-order chi connectivity index (χ0) is 21.2. The van der Waals surface area contributed by atoms with E-state index in [1.807, 2.05) is 35.0 Å². The van der Waals surface area contributed by atoms with E-state index in [1.165, 1.54) is 6.42 Å². The number of nitrogens with zero attached hydrogens (tertiary/aromatic N) is 5. The summed E-state index contributed by atoms with van der Waals surface area (Å²) in [6.07, 6.45) is 10.7. The number of hydrogen-bond acceptors (Lipinski definition) is 6. The Bertz CT molecular complexity index is 1100. The molecule has 2 aromatic heterocycles. The molecule has 2 unspecified atom stereocenters. The molecule has 1 aliphatic heterocycles. The van der Waals surface area contributed by atoms with Crippen molar-refractivity contribution in [1.82, 2.24) is 19.5 Å². The van der Waals surface area contributed by atoms with Crippen molar-refractivity contribution in [2.45, 2.75) is 19.9 Å². The number of imidazole rings is 1. The van der Waals surface area contributed by atoms with Gasteiger partial charge in [-0.1, -0.05) is 36.4 Å². The van der Waals surface area contributed by atoms with Gasteiger partial charge in [-0.2, -0.15) is 0 Å². The van der Waals surface area contributed by atoms with Gasteiger partial charge >= 0.3 is 5.97 Å². The van der Waals surface area contributed by atoms with E-state index in [9.17, 15) is 4.79 Å². The fraction of sp³-hybridized carbons (Fsp3) is 0.333. The molecule has 2 aliphatic rings. The molecular weight excluding hydrogens is 390 g/mol. The molecule has 0 amide bonds. The van der Waals surface area contributed by atoms with E-state index in [2.05, 4.69) is 33.1 Å². The molecule has 3 heterocycles. The number of esters is 1. The Hall–Kier alpha value is -3.48. The molecule has 1 aromatic carbocycles. The van der Waals surface area contributed by atoms with Gasteiger partial charge in [-0.3, -0.25) is 0 Å². The smallest absolute Gasteiger partial charge is 0.358 e. The van der Waals surface area contributed by atoms with Crippen LogP contribution in [0.1, 0.15) is 40.7 Å². The number of benzene rings is 1. The van der Waals surface area contributed by atoms with Crippen molar-refractivity contribution < 1.29 is 9.53 Å². The molecule has 2 fully saturated rings. The summed E-state index contributed by atoms with van der Waals surface area (Å²) in [5.41, 5.74) is 3.26. The zero-order valence-corrected chi connectivity index (χ0v) is 17.5. The van der Waals surface area contributed by atoms with Crippen LogP contribution < -0.4 is 4.90 Å². The summed E-state index contributed by atoms with van der Waals surface area (Å²) in [7, 11) is 0. The van der Waals surface area contributed by atoms with Crippen molar-refractivity contribution in [3.8, 4) is 0 Å². The van der Waals surface area contributed by atoms with Crippen LogP contribution in [-0.2, 0) is 11.3 Å². The highest BCUT2D eigenvalue weighted by atomic mass is 16.5. The maximum atomic E-state index is 11.9. The lowest BCUT2D eigenvalue weighted by Gasteiger charge is -2.19. The summed E-state index contributed by atoms with van der Waals surface area (Å²) < 4.78 is 6.89. The Morgan fingerprint density at radius 3 is 2.74 bits per heavy atom. The minimum Gasteiger partial charge on any atom is -0.461 e. The van der Waals surface area contributed by atoms with Gasteiger partial charge < -0.3 is 14.2 Å². The van der Waals surface area contributed by atoms with E-state index in [1.54, 1.807) is 19.4 Å². The van der Waals surface area contributed by atoms with Gasteiger partial charge in [-0.25, -0.2) is 19.7 Å². The van der Waals surface area contributed by atoms with Gasteiger partial charge in [0.25, 0.3) is 0 Å². The standard InChI is InChI=1S/C24H25N5O2/c1-2-31-23(30)22-15-28(16-26-22)12-20-11-25-24(29-13-18-10-19(18)14-29)27-21(20)9-8-17-6-4-3-5-7-17/h3-9,11,15-16,18-19H,2,10,12-14H2,1H3/b9-8+. The third-order valence-electron chi connectivity index (χ3n) is 5.85. The molecule has 0 N–H and O–H groups in total. The number of hydrogen-bond donors (Lipinski definition) is 0. The molecule has 5 rings (SSSR count). The monoisotopic (exact) mass is 415 g/mol. The second kappa shape index (κ2) is 8.34. The van der Waals surface area contributed by atoms with Crippen LogP contribution in [0.5, 0.6) is 0 Å². The molecule has 158 valence electrons. The number of anilines is 1. The molecule has 1 saturated heterocycles. The quantitative estimate of drug-likeness (QED) is 0.550. The van der Waals surface area contributed by atoms with Crippen molar-refractivity contribution in [3.05, 3.63) is 71.6 Å². The van der Waals surface area contributed by atoms with Crippen LogP contribution in [-0.4, -0.2) is 45.2 Å². The second-order valence-electron chi connectivity index (χ2n) is 8.14. The second-order valence-corrected chi connectivity index (χ2v) is 8.14. The summed E-state index contributed by atoms with van der Waals surface area (Å²) in [5, 5.41) is 0. The fourth-order valence-electron chi connectivity index (χ4n) is 4.08. The third kappa shape index (κ3) is 4.35. The average Bonchev–Trinajstić information content (AvgIpc) is 3.17. The molecule has 0 spiro atoms. The SMILES string of the molecule is CCOC(=O)c1cn(Cc2cnc(N3CC4CC4C3)nc2/C=C/c2ccccc2)cn1. The fourth-order valence-corrected chi connectivity index (χ4v) is 4.08. The predicted molar refractivity (Wildman–Crippen MR) is 118 cm³/mol. The first-order chi connectivity index (χ1) is 15.2. The van der Waals surface area contributed by atoms with Gasteiger partial charge in [0.1, 0.15) is 0 Å². The van der Waals surface area contributed by atoms with Crippen LogP contribution in [0.15, 0.2) is 49.1 Å². The first-order valence-electron chi connectivity index (χ1n) is 10.7. The van der Waals surface area contributed by atoms with Crippen LogP contribution >= 0.6 is 0 Å². The largest absolute Gasteiger partial charge is 0.461 e. The molecule has 1 aliphatic carbocycles. The Morgan fingerprint density at radius 1 is 1.16 bits per heavy atom. The van der Waals surface area contributed by atoms with Crippen LogP contribution in [0, 0.1) is 11.8 Å². The molecule has 2 atom stereocenters. The molecule has 7 heteroatoms. The summed E-state index contributed by atoms with van der Waals surface area (Å²) in [5.74, 6) is 2.02. The van der Waals surface area contributed by atoms with Crippen LogP contribution in [0.2, 0.25) is 0 Å². The van der Waals surface area contributed by atoms with Crippen LogP contribution in [0.4, 0.5) is 5.95 Å².